The van der Waals surface area contributed by atoms with Crippen molar-refractivity contribution in [2.75, 3.05) is 32.7 Å². The average Bonchev–Trinajstić information content (AvgIpc) is 3.17. The minimum absolute atomic E-state index is 0. The number of rotatable bonds is 5. The van der Waals surface area contributed by atoms with Crippen molar-refractivity contribution < 1.29 is 4.52 Å². The molecule has 3 heterocycles. The molecule has 0 spiro atoms. The first-order chi connectivity index (χ1) is 12.5. The zero-order valence-electron chi connectivity index (χ0n) is 16.5. The van der Waals surface area contributed by atoms with Crippen LogP contribution in [-0.4, -0.2) is 58.6 Å². The molecular formula is C18H29IN6OS. The van der Waals surface area contributed by atoms with E-state index in [0.717, 1.165) is 67.4 Å². The zero-order valence-corrected chi connectivity index (χ0v) is 19.6. The molecule has 1 fully saturated rings. The van der Waals surface area contributed by atoms with Gasteiger partial charge in [0.25, 0.3) is 0 Å². The van der Waals surface area contributed by atoms with Crippen LogP contribution in [0.5, 0.6) is 0 Å². The van der Waals surface area contributed by atoms with Crippen LogP contribution in [0.3, 0.4) is 0 Å². The molecule has 0 unspecified atom stereocenters. The molecule has 0 aliphatic carbocycles. The van der Waals surface area contributed by atoms with E-state index in [1.807, 2.05) is 13.0 Å². The van der Waals surface area contributed by atoms with Crippen LogP contribution in [0, 0.1) is 20.8 Å². The van der Waals surface area contributed by atoms with Gasteiger partial charge in [-0.2, -0.15) is 0 Å². The third kappa shape index (κ3) is 6.15. The van der Waals surface area contributed by atoms with Gasteiger partial charge in [-0.05, 0) is 27.7 Å². The normalized spacial score (nSPS) is 15.7. The fourth-order valence-corrected chi connectivity index (χ4v) is 3.87. The molecule has 0 atom stereocenters. The highest BCUT2D eigenvalue weighted by Crippen LogP contribution is 2.17. The number of nitrogens with one attached hydrogen (secondary N) is 1. The Balaban J connectivity index is 0.00000261. The molecule has 1 saturated heterocycles. The van der Waals surface area contributed by atoms with E-state index in [-0.39, 0.29) is 24.0 Å². The molecule has 0 bridgehead atoms. The van der Waals surface area contributed by atoms with Crippen LogP contribution in [0.1, 0.15) is 34.0 Å². The number of aliphatic imine (C=N–C) groups is 1. The van der Waals surface area contributed by atoms with Gasteiger partial charge in [0.2, 0.25) is 0 Å². The molecule has 1 N–H and O–H groups in total. The maximum absolute atomic E-state index is 5.16. The fourth-order valence-electron chi connectivity index (χ4n) is 3.01. The van der Waals surface area contributed by atoms with Crippen molar-refractivity contribution in [3.8, 4) is 0 Å². The van der Waals surface area contributed by atoms with Gasteiger partial charge in [-0.15, -0.1) is 35.3 Å². The minimum atomic E-state index is 0. The molecule has 150 valence electrons. The number of piperazine rings is 1. The van der Waals surface area contributed by atoms with Crippen LogP contribution in [0.2, 0.25) is 0 Å². The van der Waals surface area contributed by atoms with E-state index in [2.05, 4.69) is 46.0 Å². The number of aryl methyl sites for hydroxylation is 3. The molecule has 0 radical (unpaired) electrons. The second-order valence-electron chi connectivity index (χ2n) is 6.61. The number of hydrogen-bond donors (Lipinski definition) is 1. The highest BCUT2D eigenvalue weighted by atomic mass is 127. The zero-order chi connectivity index (χ0) is 18.5. The lowest BCUT2D eigenvalue weighted by Crippen LogP contribution is -2.52. The molecule has 7 nitrogen and oxygen atoms in total. The Labute approximate surface area is 182 Å². The lowest BCUT2D eigenvalue weighted by molar-refractivity contribution is 0.169. The van der Waals surface area contributed by atoms with E-state index in [0.29, 0.717) is 6.54 Å². The van der Waals surface area contributed by atoms with Gasteiger partial charge in [-0.25, -0.2) is 9.98 Å². The van der Waals surface area contributed by atoms with Gasteiger partial charge in [0.15, 0.2) is 5.96 Å². The number of aromatic nitrogens is 2. The van der Waals surface area contributed by atoms with E-state index in [1.165, 1.54) is 4.88 Å². The quantitative estimate of drug-likeness (QED) is 0.384. The van der Waals surface area contributed by atoms with Crippen molar-refractivity contribution in [2.24, 2.45) is 4.99 Å². The van der Waals surface area contributed by atoms with Gasteiger partial charge >= 0.3 is 0 Å². The maximum Gasteiger partial charge on any atom is 0.194 e. The Morgan fingerprint density at radius 1 is 1.26 bits per heavy atom. The molecule has 9 heteroatoms. The van der Waals surface area contributed by atoms with Crippen LogP contribution in [-0.2, 0) is 13.1 Å². The Bertz CT molecular complexity index is 731. The van der Waals surface area contributed by atoms with E-state index >= 15 is 0 Å². The Hall–Kier alpha value is -1.20. The number of guanidine groups is 1. The van der Waals surface area contributed by atoms with E-state index < -0.39 is 0 Å². The summed E-state index contributed by atoms with van der Waals surface area (Å²) in [6, 6.07) is 2.01. The van der Waals surface area contributed by atoms with Gasteiger partial charge < -0.3 is 14.7 Å². The topological polar surface area (TPSA) is 69.8 Å². The largest absolute Gasteiger partial charge is 0.361 e. The maximum atomic E-state index is 5.16. The third-order valence-electron chi connectivity index (χ3n) is 4.51. The van der Waals surface area contributed by atoms with Gasteiger partial charge in [0.1, 0.15) is 10.8 Å². The van der Waals surface area contributed by atoms with E-state index in [1.54, 1.807) is 11.3 Å². The predicted octanol–water partition coefficient (Wildman–Crippen LogP) is 2.96. The molecular weight excluding hydrogens is 475 g/mol. The molecule has 2 aromatic rings. The second-order valence-corrected chi connectivity index (χ2v) is 7.90. The number of nitrogens with zero attached hydrogens (tertiary/aromatic N) is 5. The van der Waals surface area contributed by atoms with Crippen LogP contribution in [0.4, 0.5) is 0 Å². The first kappa shape index (κ1) is 22.1. The molecule has 2 aromatic heterocycles. The molecule has 1 aliphatic heterocycles. The van der Waals surface area contributed by atoms with Crippen molar-refractivity contribution in [3.05, 3.63) is 33.1 Å². The van der Waals surface area contributed by atoms with Crippen LogP contribution in [0.25, 0.3) is 0 Å². The first-order valence-corrected chi connectivity index (χ1v) is 9.97. The molecule has 0 amide bonds. The van der Waals surface area contributed by atoms with Gasteiger partial charge in [0, 0.05) is 50.2 Å². The van der Waals surface area contributed by atoms with Crippen molar-refractivity contribution >= 4 is 41.3 Å². The van der Waals surface area contributed by atoms with Crippen molar-refractivity contribution in [1.29, 1.82) is 0 Å². The van der Waals surface area contributed by atoms with E-state index in [4.69, 9.17) is 9.52 Å². The Kier molecular flexibility index (Phi) is 8.49. The van der Waals surface area contributed by atoms with Crippen LogP contribution < -0.4 is 5.32 Å². The summed E-state index contributed by atoms with van der Waals surface area (Å²) in [5, 5.41) is 8.59. The Morgan fingerprint density at radius 2 is 2.00 bits per heavy atom. The minimum Gasteiger partial charge on any atom is -0.361 e. The monoisotopic (exact) mass is 504 g/mol. The summed E-state index contributed by atoms with van der Waals surface area (Å²) in [4.78, 5) is 15.4. The smallest absolute Gasteiger partial charge is 0.194 e. The molecule has 1 aliphatic rings. The second kappa shape index (κ2) is 10.4. The molecule has 0 saturated carbocycles. The van der Waals surface area contributed by atoms with Gasteiger partial charge in [-0.1, -0.05) is 5.16 Å². The van der Waals surface area contributed by atoms with Crippen molar-refractivity contribution in [1.82, 2.24) is 25.3 Å². The highest BCUT2D eigenvalue weighted by molar-refractivity contribution is 14.0. The van der Waals surface area contributed by atoms with Crippen molar-refractivity contribution in [2.45, 2.75) is 40.8 Å². The summed E-state index contributed by atoms with van der Waals surface area (Å²) in [7, 11) is 0. The van der Waals surface area contributed by atoms with Crippen LogP contribution >= 0.6 is 35.3 Å². The predicted molar refractivity (Wildman–Crippen MR) is 120 cm³/mol. The average molecular weight is 504 g/mol. The third-order valence-corrected chi connectivity index (χ3v) is 5.56. The highest BCUT2D eigenvalue weighted by Gasteiger charge is 2.20. The lowest BCUT2D eigenvalue weighted by atomic mass is 10.3. The van der Waals surface area contributed by atoms with Gasteiger partial charge in [0.05, 0.1) is 17.9 Å². The van der Waals surface area contributed by atoms with Gasteiger partial charge in [-0.3, -0.25) is 4.90 Å². The summed E-state index contributed by atoms with van der Waals surface area (Å²) < 4.78 is 5.16. The summed E-state index contributed by atoms with van der Waals surface area (Å²) in [6.45, 7) is 14.5. The van der Waals surface area contributed by atoms with Crippen molar-refractivity contribution in [3.63, 3.8) is 0 Å². The standard InChI is InChI=1S/C18H28N6OS.HI/c1-5-19-18(20-11-17-21-14(3)15(4)26-17)24-8-6-23(7-9-24)12-16-10-13(2)25-22-16;/h10H,5-9,11-12H2,1-4H3,(H,19,20);1H. The summed E-state index contributed by atoms with van der Waals surface area (Å²) in [5.74, 6) is 1.85. The summed E-state index contributed by atoms with van der Waals surface area (Å²) >= 11 is 1.74. The van der Waals surface area contributed by atoms with E-state index in [9.17, 15) is 0 Å². The summed E-state index contributed by atoms with van der Waals surface area (Å²) in [6.07, 6.45) is 0. The number of hydrogen-bond acceptors (Lipinski definition) is 6. The SMILES string of the molecule is CCNC(=NCc1nc(C)c(C)s1)N1CCN(Cc2cc(C)on2)CC1.I. The lowest BCUT2D eigenvalue weighted by Gasteiger charge is -2.36. The van der Waals surface area contributed by atoms with Crippen LogP contribution in [0.15, 0.2) is 15.6 Å². The molecule has 27 heavy (non-hydrogen) atoms. The fraction of sp³-hybridized carbons (Fsp3) is 0.611. The number of thiazole rings is 1. The number of halogens is 1. The Morgan fingerprint density at radius 3 is 2.56 bits per heavy atom. The molecule has 3 rings (SSSR count). The summed E-state index contributed by atoms with van der Waals surface area (Å²) in [5.41, 5.74) is 2.12. The first-order valence-electron chi connectivity index (χ1n) is 9.16. The molecule has 0 aromatic carbocycles.